The molecule has 2 N–H and O–H groups in total. The number of anilines is 2. The first-order valence-corrected chi connectivity index (χ1v) is 10.6. The van der Waals surface area contributed by atoms with E-state index in [2.05, 4.69) is 39.7 Å². The molecular formula is C20H16F2N4S2. The van der Waals surface area contributed by atoms with Crippen molar-refractivity contribution in [3.8, 4) is 0 Å². The van der Waals surface area contributed by atoms with Gasteiger partial charge in [-0.2, -0.15) is 4.39 Å². The van der Waals surface area contributed by atoms with Gasteiger partial charge >= 0.3 is 0 Å². The second-order valence-electron chi connectivity index (χ2n) is 6.68. The molecular weight excluding hydrogens is 398 g/mol. The van der Waals surface area contributed by atoms with Crippen LogP contribution in [0.1, 0.15) is 18.2 Å². The molecule has 8 heteroatoms. The Labute approximate surface area is 167 Å². The summed E-state index contributed by atoms with van der Waals surface area (Å²) < 4.78 is 28.7. The van der Waals surface area contributed by atoms with Gasteiger partial charge in [0, 0.05) is 22.5 Å². The van der Waals surface area contributed by atoms with Crippen LogP contribution in [0.5, 0.6) is 0 Å². The van der Waals surface area contributed by atoms with E-state index >= 15 is 0 Å². The Balaban J connectivity index is 1.56. The summed E-state index contributed by atoms with van der Waals surface area (Å²) in [5.74, 6) is -0.550. The molecule has 1 aliphatic heterocycles. The summed E-state index contributed by atoms with van der Waals surface area (Å²) in [6, 6.07) is 7.51. The largest absolute Gasteiger partial charge is 0.352 e. The first kappa shape index (κ1) is 17.7. The zero-order chi connectivity index (χ0) is 19.3. The lowest BCUT2D eigenvalue weighted by Crippen LogP contribution is -2.30. The number of fused-ring (bicyclic) bond motifs is 2. The zero-order valence-electron chi connectivity index (χ0n) is 14.9. The minimum absolute atomic E-state index is 0.0519. The topological polar surface area (TPSA) is 49.8 Å². The van der Waals surface area contributed by atoms with Crippen LogP contribution in [-0.2, 0) is 0 Å². The van der Waals surface area contributed by atoms with Gasteiger partial charge in [0.05, 0.1) is 16.1 Å². The quantitative estimate of drug-likeness (QED) is 0.452. The summed E-state index contributed by atoms with van der Waals surface area (Å²) in [4.78, 5) is 10.2. The molecule has 0 amide bonds. The van der Waals surface area contributed by atoms with Gasteiger partial charge in [0.25, 0.3) is 5.26 Å². The highest BCUT2D eigenvalue weighted by atomic mass is 32.1. The summed E-state index contributed by atoms with van der Waals surface area (Å²) in [7, 11) is 0. The van der Waals surface area contributed by atoms with Gasteiger partial charge in [-0.25, -0.2) is 14.4 Å². The lowest BCUT2D eigenvalue weighted by molar-refractivity contribution is 0.610. The highest BCUT2D eigenvalue weighted by molar-refractivity contribution is 7.19. The maximum atomic E-state index is 14.8. The Kier molecular flexibility index (Phi) is 4.34. The summed E-state index contributed by atoms with van der Waals surface area (Å²) in [5, 5.41) is 6.91. The first-order chi connectivity index (χ1) is 13.6. The van der Waals surface area contributed by atoms with Crippen molar-refractivity contribution in [2.75, 3.05) is 11.9 Å². The minimum atomic E-state index is -0.636. The number of nitrogens with zero attached hydrogens (tertiary/aromatic N) is 2. The Bertz CT molecular complexity index is 1230. The van der Waals surface area contributed by atoms with Crippen LogP contribution >= 0.6 is 22.7 Å². The number of benzene rings is 1. The third kappa shape index (κ3) is 2.97. The third-order valence-corrected chi connectivity index (χ3v) is 6.79. The van der Waals surface area contributed by atoms with E-state index in [0.29, 0.717) is 4.70 Å². The SMILES string of the molecule is CC1NCCC=C1c1cc2c(Nc3ccc4sc(F)nc4c3F)ccnc2s1. The number of nitrogens with one attached hydrogen (secondary N) is 2. The van der Waals surface area contributed by atoms with Crippen LogP contribution in [0, 0.1) is 11.1 Å². The second-order valence-corrected chi connectivity index (χ2v) is 8.69. The Morgan fingerprint density at radius 1 is 1.18 bits per heavy atom. The summed E-state index contributed by atoms with van der Waals surface area (Å²) in [5.41, 5.74) is 2.35. The molecule has 0 bridgehead atoms. The van der Waals surface area contributed by atoms with Crippen LogP contribution in [-0.4, -0.2) is 22.6 Å². The van der Waals surface area contributed by atoms with Gasteiger partial charge in [-0.1, -0.05) is 17.4 Å². The van der Waals surface area contributed by atoms with E-state index in [1.165, 1.54) is 5.57 Å². The monoisotopic (exact) mass is 414 g/mol. The number of hydrogen-bond donors (Lipinski definition) is 2. The average molecular weight is 415 g/mol. The predicted octanol–water partition coefficient (Wildman–Crippen LogP) is 5.69. The molecule has 28 heavy (non-hydrogen) atoms. The standard InChI is InChI=1S/C20H16F2N4S2/c1-10-11(3-2-7-23-10)16-9-12-13(6-8-24-19(12)27-16)25-14-4-5-15-18(17(14)21)26-20(22)28-15/h3-6,8-10,23H,2,7H2,1H3,(H,24,25). The van der Waals surface area contributed by atoms with E-state index in [4.69, 9.17) is 0 Å². The van der Waals surface area contributed by atoms with E-state index < -0.39 is 11.1 Å². The fourth-order valence-electron chi connectivity index (χ4n) is 3.50. The highest BCUT2D eigenvalue weighted by Gasteiger charge is 2.18. The van der Waals surface area contributed by atoms with Crippen LogP contribution in [0.3, 0.4) is 0 Å². The Hall–Kier alpha value is -2.42. The predicted molar refractivity (Wildman–Crippen MR) is 112 cm³/mol. The molecule has 0 saturated heterocycles. The molecule has 5 rings (SSSR count). The van der Waals surface area contributed by atoms with Gasteiger partial charge in [-0.3, -0.25) is 0 Å². The summed E-state index contributed by atoms with van der Waals surface area (Å²) in [6.07, 6.45) is 4.98. The highest BCUT2D eigenvalue weighted by Crippen LogP contribution is 2.37. The summed E-state index contributed by atoms with van der Waals surface area (Å²) in [6.45, 7) is 3.14. The molecule has 1 aromatic carbocycles. The van der Waals surface area contributed by atoms with Gasteiger partial charge in [-0.15, -0.1) is 11.3 Å². The van der Waals surface area contributed by atoms with E-state index in [-0.39, 0.29) is 17.2 Å². The molecule has 1 aliphatic rings. The van der Waals surface area contributed by atoms with E-state index in [9.17, 15) is 8.78 Å². The van der Waals surface area contributed by atoms with Crippen LogP contribution < -0.4 is 10.6 Å². The lowest BCUT2D eigenvalue weighted by Gasteiger charge is -2.21. The second kappa shape index (κ2) is 6.88. The molecule has 1 atom stereocenters. The Morgan fingerprint density at radius 2 is 2.07 bits per heavy atom. The number of halogens is 2. The molecule has 142 valence electrons. The number of thiazole rings is 1. The molecule has 0 saturated carbocycles. The molecule has 0 spiro atoms. The third-order valence-electron chi connectivity index (χ3n) is 4.89. The van der Waals surface area contributed by atoms with Crippen LogP contribution in [0.2, 0.25) is 0 Å². The molecule has 0 radical (unpaired) electrons. The number of rotatable bonds is 3. The smallest absolute Gasteiger partial charge is 0.270 e. The fourth-order valence-corrected chi connectivity index (χ4v) is 5.34. The normalized spacial score (nSPS) is 17.2. The average Bonchev–Trinajstić information content (AvgIpc) is 3.28. The maximum Gasteiger partial charge on any atom is 0.270 e. The van der Waals surface area contributed by atoms with Crippen molar-refractivity contribution in [1.82, 2.24) is 15.3 Å². The number of thiophene rings is 1. The fraction of sp³-hybridized carbons (Fsp3) is 0.200. The van der Waals surface area contributed by atoms with Crippen molar-refractivity contribution >= 4 is 60.1 Å². The zero-order valence-corrected chi connectivity index (χ0v) is 16.6. The first-order valence-electron chi connectivity index (χ1n) is 8.94. The van der Waals surface area contributed by atoms with E-state index in [1.807, 2.05) is 6.07 Å². The van der Waals surface area contributed by atoms with Crippen LogP contribution in [0.25, 0.3) is 26.0 Å². The van der Waals surface area contributed by atoms with Crippen molar-refractivity contribution in [3.05, 3.63) is 52.5 Å². The molecule has 3 aromatic heterocycles. The van der Waals surface area contributed by atoms with Crippen molar-refractivity contribution in [3.63, 3.8) is 0 Å². The molecule has 4 nitrogen and oxygen atoms in total. The molecule has 0 fully saturated rings. The number of hydrogen-bond acceptors (Lipinski definition) is 6. The van der Waals surface area contributed by atoms with E-state index in [1.54, 1.807) is 29.7 Å². The van der Waals surface area contributed by atoms with Crippen molar-refractivity contribution in [2.45, 2.75) is 19.4 Å². The maximum absolute atomic E-state index is 14.8. The number of pyridine rings is 1. The lowest BCUT2D eigenvalue weighted by atomic mass is 10.0. The molecule has 1 unspecified atom stereocenters. The molecule has 4 heterocycles. The Morgan fingerprint density at radius 3 is 2.93 bits per heavy atom. The van der Waals surface area contributed by atoms with Crippen molar-refractivity contribution < 1.29 is 8.78 Å². The van der Waals surface area contributed by atoms with Gasteiger partial charge < -0.3 is 10.6 Å². The molecule has 0 aliphatic carbocycles. The van der Waals surface area contributed by atoms with Crippen molar-refractivity contribution in [2.24, 2.45) is 0 Å². The van der Waals surface area contributed by atoms with Gasteiger partial charge in [0.2, 0.25) is 0 Å². The molecule has 4 aromatic rings. The minimum Gasteiger partial charge on any atom is -0.352 e. The van der Waals surface area contributed by atoms with Crippen LogP contribution in [0.15, 0.2) is 36.5 Å². The van der Waals surface area contributed by atoms with Crippen molar-refractivity contribution in [1.29, 1.82) is 0 Å². The van der Waals surface area contributed by atoms with E-state index in [0.717, 1.165) is 45.1 Å². The van der Waals surface area contributed by atoms with Gasteiger partial charge in [0.15, 0.2) is 5.82 Å². The number of aromatic nitrogens is 2. The van der Waals surface area contributed by atoms with Gasteiger partial charge in [-0.05, 0) is 49.7 Å². The van der Waals surface area contributed by atoms with Gasteiger partial charge in [0.1, 0.15) is 10.3 Å². The summed E-state index contributed by atoms with van der Waals surface area (Å²) >= 11 is 2.47. The van der Waals surface area contributed by atoms with Crippen LogP contribution in [0.4, 0.5) is 20.2 Å².